The van der Waals surface area contributed by atoms with Gasteiger partial charge in [-0.15, -0.1) is 0 Å². The third-order valence-electron chi connectivity index (χ3n) is 5.58. The van der Waals surface area contributed by atoms with Crippen molar-refractivity contribution in [2.24, 2.45) is 4.99 Å². The summed E-state index contributed by atoms with van der Waals surface area (Å²) in [7, 11) is 1.87. The number of hydrogen-bond acceptors (Lipinski definition) is 6. The van der Waals surface area contributed by atoms with Gasteiger partial charge in [-0.1, -0.05) is 12.1 Å². The first kappa shape index (κ1) is 21.2. The molecule has 0 saturated carbocycles. The minimum Gasteiger partial charge on any atom is -0.454 e. The molecule has 1 fully saturated rings. The lowest BCUT2D eigenvalue weighted by Gasteiger charge is -2.36. The number of nitrogens with one attached hydrogen (secondary N) is 2. The van der Waals surface area contributed by atoms with Crippen LogP contribution in [0.3, 0.4) is 0 Å². The maximum absolute atomic E-state index is 5.50. The third kappa shape index (κ3) is 6.01. The molecule has 8 heteroatoms. The van der Waals surface area contributed by atoms with Gasteiger partial charge in [-0.25, -0.2) is 4.98 Å². The van der Waals surface area contributed by atoms with Gasteiger partial charge in [0, 0.05) is 59.1 Å². The van der Waals surface area contributed by atoms with Crippen LogP contribution in [0.15, 0.2) is 47.6 Å². The average molecular weight is 425 g/mol. The van der Waals surface area contributed by atoms with E-state index in [9.17, 15) is 0 Å². The van der Waals surface area contributed by atoms with Crippen LogP contribution < -0.4 is 20.1 Å². The summed E-state index contributed by atoms with van der Waals surface area (Å²) in [6, 6.07) is 12.1. The first-order chi connectivity index (χ1) is 15.3. The number of aliphatic imine (C=N–C) groups is 1. The second kappa shape index (κ2) is 10.9. The van der Waals surface area contributed by atoms with Crippen LogP contribution in [0.1, 0.15) is 18.4 Å². The van der Waals surface area contributed by atoms with Gasteiger partial charge in [0.15, 0.2) is 17.5 Å². The smallest absolute Gasteiger partial charge is 0.231 e. The molecule has 1 saturated heterocycles. The molecule has 0 spiro atoms. The second-order valence-corrected chi connectivity index (χ2v) is 7.77. The minimum atomic E-state index is 0.324. The van der Waals surface area contributed by atoms with E-state index >= 15 is 0 Å². The Morgan fingerprint density at radius 3 is 2.68 bits per heavy atom. The predicted octanol–water partition coefficient (Wildman–Crippen LogP) is 2.40. The van der Waals surface area contributed by atoms with E-state index in [1.165, 1.54) is 5.56 Å². The van der Waals surface area contributed by atoms with Crippen LogP contribution in [0, 0.1) is 0 Å². The van der Waals surface area contributed by atoms with E-state index in [0.29, 0.717) is 6.79 Å². The fraction of sp³-hybridized carbons (Fsp3) is 0.478. The van der Waals surface area contributed by atoms with Crippen LogP contribution >= 0.6 is 0 Å². The van der Waals surface area contributed by atoms with Crippen molar-refractivity contribution in [3.63, 3.8) is 0 Å². The van der Waals surface area contributed by atoms with Gasteiger partial charge in [0.25, 0.3) is 0 Å². The topological polar surface area (TPSA) is 74.3 Å². The summed E-state index contributed by atoms with van der Waals surface area (Å²) in [4.78, 5) is 13.6. The van der Waals surface area contributed by atoms with E-state index in [1.807, 2.05) is 37.5 Å². The largest absolute Gasteiger partial charge is 0.454 e. The van der Waals surface area contributed by atoms with E-state index in [4.69, 9.17) is 9.47 Å². The highest BCUT2D eigenvalue weighted by molar-refractivity contribution is 5.79. The summed E-state index contributed by atoms with van der Waals surface area (Å²) < 4.78 is 10.9. The fourth-order valence-electron chi connectivity index (χ4n) is 3.88. The molecule has 2 aromatic rings. The summed E-state index contributed by atoms with van der Waals surface area (Å²) in [6.07, 6.45) is 3.98. The molecule has 2 N–H and O–H groups in total. The SMILES string of the molecule is CN=C(NCCCCNc1ccccn1)N1CCN(Cc2ccc3c(c2)OCO3)CC1. The van der Waals surface area contributed by atoms with E-state index in [1.54, 1.807) is 0 Å². The molecule has 0 radical (unpaired) electrons. The first-order valence-electron chi connectivity index (χ1n) is 11.0. The molecule has 166 valence electrons. The maximum atomic E-state index is 5.50. The standard InChI is InChI=1S/C23H32N6O2/c1-24-23(27-11-5-4-10-26-22-6-2-3-9-25-22)29-14-12-28(13-15-29)17-19-7-8-20-21(16-19)31-18-30-20/h2-3,6-9,16H,4-5,10-15,17-18H2,1H3,(H,24,27)(H,25,26). The van der Waals surface area contributed by atoms with Crippen LogP contribution in [-0.2, 0) is 6.54 Å². The lowest BCUT2D eigenvalue weighted by atomic mass is 10.1. The molecule has 0 aliphatic carbocycles. The van der Waals surface area contributed by atoms with Crippen molar-refractivity contribution in [2.75, 3.05) is 58.4 Å². The molecule has 4 rings (SSSR count). The molecule has 0 unspecified atom stereocenters. The number of rotatable bonds is 8. The van der Waals surface area contributed by atoms with Crippen molar-refractivity contribution in [3.8, 4) is 11.5 Å². The van der Waals surface area contributed by atoms with Gasteiger partial charge in [0.1, 0.15) is 5.82 Å². The van der Waals surface area contributed by atoms with Crippen molar-refractivity contribution < 1.29 is 9.47 Å². The van der Waals surface area contributed by atoms with Crippen LogP contribution in [0.25, 0.3) is 0 Å². The van der Waals surface area contributed by atoms with Crippen molar-refractivity contribution in [1.29, 1.82) is 0 Å². The third-order valence-corrected chi connectivity index (χ3v) is 5.58. The van der Waals surface area contributed by atoms with E-state index in [0.717, 1.165) is 81.9 Å². The number of benzene rings is 1. The second-order valence-electron chi connectivity index (χ2n) is 7.77. The zero-order chi connectivity index (χ0) is 21.3. The Balaban J connectivity index is 1.13. The Morgan fingerprint density at radius 2 is 1.87 bits per heavy atom. The van der Waals surface area contributed by atoms with Gasteiger partial charge < -0.3 is 25.0 Å². The number of hydrogen-bond donors (Lipinski definition) is 2. The van der Waals surface area contributed by atoms with Crippen molar-refractivity contribution in [2.45, 2.75) is 19.4 Å². The zero-order valence-corrected chi connectivity index (χ0v) is 18.2. The quantitative estimate of drug-likeness (QED) is 0.383. The van der Waals surface area contributed by atoms with Crippen LogP contribution in [0.5, 0.6) is 11.5 Å². The van der Waals surface area contributed by atoms with Crippen molar-refractivity contribution in [3.05, 3.63) is 48.2 Å². The van der Waals surface area contributed by atoms with Gasteiger partial charge in [0.2, 0.25) is 6.79 Å². The van der Waals surface area contributed by atoms with E-state index < -0.39 is 0 Å². The first-order valence-corrected chi connectivity index (χ1v) is 11.0. The molecule has 1 aromatic heterocycles. The fourth-order valence-corrected chi connectivity index (χ4v) is 3.88. The van der Waals surface area contributed by atoms with E-state index in [-0.39, 0.29) is 0 Å². The Labute approximate surface area is 184 Å². The summed E-state index contributed by atoms with van der Waals surface area (Å²) in [5, 5.41) is 6.86. The van der Waals surface area contributed by atoms with Gasteiger partial charge in [0.05, 0.1) is 0 Å². The van der Waals surface area contributed by atoms with Crippen LogP contribution in [0.2, 0.25) is 0 Å². The number of guanidine groups is 1. The molecule has 0 atom stereocenters. The molecule has 2 aliphatic rings. The highest BCUT2D eigenvalue weighted by Gasteiger charge is 2.20. The summed E-state index contributed by atoms with van der Waals surface area (Å²) >= 11 is 0. The van der Waals surface area contributed by atoms with E-state index in [2.05, 4.69) is 42.5 Å². The molecule has 0 bridgehead atoms. The minimum absolute atomic E-state index is 0.324. The van der Waals surface area contributed by atoms with Crippen LogP contribution in [-0.4, -0.2) is 73.9 Å². The van der Waals surface area contributed by atoms with Crippen LogP contribution in [0.4, 0.5) is 5.82 Å². The van der Waals surface area contributed by atoms with Gasteiger partial charge in [-0.2, -0.15) is 0 Å². The molecular formula is C23H32N6O2. The molecule has 3 heterocycles. The number of ether oxygens (including phenoxy) is 2. The molecule has 0 amide bonds. The number of unbranched alkanes of at least 4 members (excludes halogenated alkanes) is 1. The number of anilines is 1. The normalized spacial score (nSPS) is 16.4. The Kier molecular flexibility index (Phi) is 7.44. The summed E-state index contributed by atoms with van der Waals surface area (Å²) in [5.74, 6) is 3.64. The Hall–Kier alpha value is -3.00. The number of aromatic nitrogens is 1. The lowest BCUT2D eigenvalue weighted by molar-refractivity contribution is 0.171. The Morgan fingerprint density at radius 1 is 1.03 bits per heavy atom. The molecule has 31 heavy (non-hydrogen) atoms. The zero-order valence-electron chi connectivity index (χ0n) is 18.2. The molecular weight excluding hydrogens is 392 g/mol. The average Bonchev–Trinajstić information content (AvgIpc) is 3.28. The van der Waals surface area contributed by atoms with Gasteiger partial charge >= 0.3 is 0 Å². The summed E-state index contributed by atoms with van der Waals surface area (Å²) in [5.41, 5.74) is 1.26. The van der Waals surface area contributed by atoms with Gasteiger partial charge in [-0.05, 0) is 42.7 Å². The monoisotopic (exact) mass is 424 g/mol. The molecule has 1 aromatic carbocycles. The number of fused-ring (bicyclic) bond motifs is 1. The number of piperazine rings is 1. The van der Waals surface area contributed by atoms with Crippen molar-refractivity contribution in [1.82, 2.24) is 20.1 Å². The Bertz CT molecular complexity index is 852. The molecule has 8 nitrogen and oxygen atoms in total. The molecule has 2 aliphatic heterocycles. The highest BCUT2D eigenvalue weighted by atomic mass is 16.7. The maximum Gasteiger partial charge on any atom is 0.231 e. The number of pyridine rings is 1. The summed E-state index contributed by atoms with van der Waals surface area (Å²) in [6.45, 7) is 7.09. The highest BCUT2D eigenvalue weighted by Crippen LogP contribution is 2.32. The van der Waals surface area contributed by atoms with Crippen molar-refractivity contribution >= 4 is 11.8 Å². The number of nitrogens with zero attached hydrogens (tertiary/aromatic N) is 4. The predicted molar refractivity (Wildman–Crippen MR) is 123 cm³/mol. The van der Waals surface area contributed by atoms with Gasteiger partial charge in [-0.3, -0.25) is 9.89 Å². The lowest BCUT2D eigenvalue weighted by Crippen LogP contribution is -2.52.